The molecule has 0 radical (unpaired) electrons. The molecule has 214 valence electrons. The van der Waals surface area contributed by atoms with Gasteiger partial charge in [-0.1, -0.05) is 13.8 Å². The fourth-order valence-corrected chi connectivity index (χ4v) is 11.6. The third-order valence-corrected chi connectivity index (χ3v) is 12.9. The number of benzene rings is 1. The Labute approximate surface area is 230 Å². The van der Waals surface area contributed by atoms with Gasteiger partial charge in [-0.05, 0) is 92.4 Å². The number of esters is 1. The second-order valence-electron chi connectivity index (χ2n) is 13.8. The van der Waals surface area contributed by atoms with Crippen molar-refractivity contribution in [3.05, 3.63) is 23.8 Å². The van der Waals surface area contributed by atoms with E-state index in [2.05, 4.69) is 18.7 Å². The summed E-state index contributed by atoms with van der Waals surface area (Å²) in [4.78, 5) is 15.7. The molecule has 0 unspecified atom stereocenters. The van der Waals surface area contributed by atoms with Crippen LogP contribution in [-0.4, -0.2) is 84.0 Å². The number of aliphatic hydroxyl groups is 3. The van der Waals surface area contributed by atoms with Crippen molar-refractivity contribution in [1.29, 1.82) is 0 Å². The van der Waals surface area contributed by atoms with Crippen molar-refractivity contribution in [3.63, 3.8) is 0 Å². The van der Waals surface area contributed by atoms with Crippen molar-refractivity contribution >= 4 is 5.97 Å². The Bertz CT molecular complexity index is 1190. The lowest BCUT2D eigenvalue weighted by Gasteiger charge is -2.69. The molecule has 6 saturated carbocycles. The van der Waals surface area contributed by atoms with Crippen LogP contribution < -0.4 is 9.47 Å². The highest BCUT2D eigenvalue weighted by atomic mass is 16.5. The summed E-state index contributed by atoms with van der Waals surface area (Å²) in [6, 6.07) is 5.08. The van der Waals surface area contributed by atoms with Gasteiger partial charge in [-0.25, -0.2) is 4.79 Å². The minimum Gasteiger partial charge on any atom is -0.493 e. The Morgan fingerprint density at radius 3 is 2.56 bits per heavy atom. The number of hydrogen-bond acceptors (Lipinski definition) is 8. The normalized spacial score (nSPS) is 49.1. The van der Waals surface area contributed by atoms with Crippen LogP contribution in [0.3, 0.4) is 0 Å². The monoisotopic (exact) mass is 541 g/mol. The minimum absolute atomic E-state index is 0.178. The van der Waals surface area contributed by atoms with Crippen LogP contribution >= 0.6 is 0 Å². The molecule has 1 aromatic rings. The van der Waals surface area contributed by atoms with E-state index >= 15 is 0 Å². The largest absolute Gasteiger partial charge is 0.493 e. The average molecular weight is 542 g/mol. The molecule has 6 aliphatic carbocycles. The average Bonchev–Trinajstić information content (AvgIpc) is 3.40. The Morgan fingerprint density at radius 2 is 1.85 bits per heavy atom. The predicted octanol–water partition coefficient (Wildman–Crippen LogP) is 2.87. The zero-order chi connectivity index (χ0) is 27.5. The minimum atomic E-state index is -1.50. The summed E-state index contributed by atoms with van der Waals surface area (Å²) < 4.78 is 16.3. The molecule has 7 fully saturated rings. The second-order valence-corrected chi connectivity index (χ2v) is 13.8. The Morgan fingerprint density at radius 1 is 1.08 bits per heavy atom. The van der Waals surface area contributed by atoms with E-state index in [9.17, 15) is 20.1 Å². The summed E-state index contributed by atoms with van der Waals surface area (Å²) in [5, 5.41) is 36.1. The van der Waals surface area contributed by atoms with E-state index in [0.29, 0.717) is 23.0 Å². The first-order chi connectivity index (χ1) is 18.6. The fraction of sp³-hybridized carbons (Fsp3) is 0.774. The van der Waals surface area contributed by atoms with Gasteiger partial charge in [0.2, 0.25) is 0 Å². The van der Waals surface area contributed by atoms with Crippen molar-refractivity contribution in [2.45, 2.75) is 76.2 Å². The first-order valence-electron chi connectivity index (χ1n) is 14.8. The zero-order valence-corrected chi connectivity index (χ0v) is 23.6. The molecule has 39 heavy (non-hydrogen) atoms. The van der Waals surface area contributed by atoms with Gasteiger partial charge in [0.25, 0.3) is 0 Å². The van der Waals surface area contributed by atoms with Gasteiger partial charge in [0.15, 0.2) is 11.5 Å². The molecule has 3 N–H and O–H groups in total. The number of carbonyl (C=O) groups is 1. The molecule has 8 nitrogen and oxygen atoms in total. The van der Waals surface area contributed by atoms with E-state index in [4.69, 9.17) is 14.2 Å². The maximum Gasteiger partial charge on any atom is 0.338 e. The molecule has 11 atom stereocenters. The number of ether oxygens (including phenoxy) is 3. The fourth-order valence-electron chi connectivity index (χ4n) is 11.6. The number of carbonyl (C=O) groups excluding carboxylic acids is 1. The molecule has 0 aromatic heterocycles. The lowest BCUT2D eigenvalue weighted by atomic mass is 9.38. The maximum absolute atomic E-state index is 13.1. The van der Waals surface area contributed by atoms with Crippen LogP contribution in [0.2, 0.25) is 0 Å². The summed E-state index contributed by atoms with van der Waals surface area (Å²) in [5.74, 6) is 1.07. The van der Waals surface area contributed by atoms with E-state index in [1.165, 1.54) is 14.2 Å². The van der Waals surface area contributed by atoms with Crippen LogP contribution in [0.5, 0.6) is 11.5 Å². The number of aliphatic hydroxyl groups excluding tert-OH is 2. The van der Waals surface area contributed by atoms with Crippen LogP contribution in [-0.2, 0) is 4.74 Å². The highest BCUT2D eigenvalue weighted by Gasteiger charge is 2.86. The topological polar surface area (TPSA) is 109 Å². The Hall–Kier alpha value is -1.87. The number of hydrogen-bond donors (Lipinski definition) is 3. The van der Waals surface area contributed by atoms with Crippen LogP contribution in [0.15, 0.2) is 18.2 Å². The lowest BCUT2D eigenvalue weighted by molar-refractivity contribution is -0.297. The smallest absolute Gasteiger partial charge is 0.338 e. The summed E-state index contributed by atoms with van der Waals surface area (Å²) in [5.41, 5.74) is -1.69. The van der Waals surface area contributed by atoms with E-state index in [-0.39, 0.29) is 47.3 Å². The lowest BCUT2D eigenvalue weighted by Crippen LogP contribution is -2.74. The SMILES string of the molecule is CCN1C[C@]2(C)CC[C@H](O)[C@]34[C@@H]1[C@H](C[C@H]23)[C@@]12CC[C@@H](C[C@H]14)[C@@](O)(COC(=O)c1ccc(OC)c(OC)c1)[C@H]2O. The molecule has 7 aliphatic rings. The number of rotatable bonds is 6. The number of piperidine rings is 1. The van der Waals surface area contributed by atoms with Gasteiger partial charge in [0, 0.05) is 23.4 Å². The summed E-state index contributed by atoms with van der Waals surface area (Å²) >= 11 is 0. The van der Waals surface area contributed by atoms with E-state index in [1.807, 2.05) is 0 Å². The summed E-state index contributed by atoms with van der Waals surface area (Å²) in [6.07, 6.45) is 3.97. The Kier molecular flexibility index (Phi) is 5.57. The van der Waals surface area contributed by atoms with Gasteiger partial charge in [0.1, 0.15) is 12.2 Å². The van der Waals surface area contributed by atoms with Gasteiger partial charge >= 0.3 is 5.97 Å². The molecule has 8 rings (SSSR count). The van der Waals surface area contributed by atoms with Crippen molar-refractivity contribution in [1.82, 2.24) is 4.90 Å². The standard InChI is InChI=1S/C31H43NO7/c1-5-32-15-28(2)10-9-24(33)31-22(28)14-19(25(31)32)29-11-8-18(13-23(29)31)30(36,27(29)35)16-39-26(34)17-6-7-20(37-3)21(12-17)38-4/h6-7,12,18-19,22-25,27,33,35-36H,5,8-11,13-16H2,1-4H3/t18-,19-,22+,23+,24-,25-,27-,28-,29-,30-,31-/m0/s1. The van der Waals surface area contributed by atoms with Gasteiger partial charge < -0.3 is 29.5 Å². The first kappa shape index (κ1) is 26.1. The van der Waals surface area contributed by atoms with Gasteiger partial charge in [-0.15, -0.1) is 0 Å². The van der Waals surface area contributed by atoms with Crippen LogP contribution in [0.1, 0.15) is 62.7 Å². The molecule has 7 bridgehead atoms. The first-order valence-corrected chi connectivity index (χ1v) is 14.8. The van der Waals surface area contributed by atoms with E-state index in [1.54, 1.807) is 18.2 Å². The van der Waals surface area contributed by atoms with Gasteiger partial charge in [-0.3, -0.25) is 4.90 Å². The molecule has 1 heterocycles. The van der Waals surface area contributed by atoms with Crippen molar-refractivity contribution in [3.8, 4) is 11.5 Å². The molecule has 0 amide bonds. The van der Waals surface area contributed by atoms with E-state index < -0.39 is 23.1 Å². The molecule has 2 spiro atoms. The number of nitrogens with zero attached hydrogens (tertiary/aromatic N) is 1. The number of methoxy groups -OCH3 is 2. The summed E-state index contributed by atoms with van der Waals surface area (Å²) in [6.45, 7) is 6.40. The van der Waals surface area contributed by atoms with Crippen LogP contribution in [0.4, 0.5) is 0 Å². The molecular formula is C31H43NO7. The second kappa shape index (κ2) is 8.34. The zero-order valence-electron chi connectivity index (χ0n) is 23.6. The predicted molar refractivity (Wildman–Crippen MR) is 142 cm³/mol. The van der Waals surface area contributed by atoms with Crippen molar-refractivity contribution < 1.29 is 34.3 Å². The third-order valence-electron chi connectivity index (χ3n) is 12.9. The van der Waals surface area contributed by atoms with Gasteiger partial charge in [0.05, 0.1) is 32.0 Å². The third kappa shape index (κ3) is 2.92. The maximum atomic E-state index is 13.1. The van der Waals surface area contributed by atoms with Crippen molar-refractivity contribution in [2.75, 3.05) is 33.9 Å². The molecule has 8 heteroatoms. The molecule has 1 aromatic carbocycles. The molecule has 1 saturated heterocycles. The Balaban J connectivity index is 1.20. The highest BCUT2D eigenvalue weighted by molar-refractivity contribution is 5.90. The molecular weight excluding hydrogens is 498 g/mol. The summed E-state index contributed by atoms with van der Waals surface area (Å²) in [7, 11) is 3.04. The van der Waals surface area contributed by atoms with Crippen molar-refractivity contribution in [2.24, 2.45) is 39.9 Å². The number of fused-ring (bicyclic) bond motifs is 2. The molecule has 1 aliphatic heterocycles. The quantitative estimate of drug-likeness (QED) is 0.472. The van der Waals surface area contributed by atoms with Crippen LogP contribution in [0.25, 0.3) is 0 Å². The van der Waals surface area contributed by atoms with Crippen LogP contribution in [0, 0.1) is 39.9 Å². The van der Waals surface area contributed by atoms with E-state index in [0.717, 1.165) is 51.6 Å². The van der Waals surface area contributed by atoms with Gasteiger partial charge in [-0.2, -0.15) is 0 Å². The number of likely N-dealkylation sites (tertiary alicyclic amines) is 1. The highest BCUT2D eigenvalue weighted by Crippen LogP contribution is 2.83.